The van der Waals surface area contributed by atoms with Gasteiger partial charge in [-0.3, -0.25) is 10.2 Å². The number of carbonyl (C=O) groups excluding carboxylic acids is 1. The van der Waals surface area contributed by atoms with Gasteiger partial charge in [0.15, 0.2) is 18.1 Å². The second-order valence-electron chi connectivity index (χ2n) is 7.36. The van der Waals surface area contributed by atoms with E-state index in [-0.39, 0.29) is 29.8 Å². The topological polar surface area (TPSA) is 134 Å². The number of carbonyl (C=O) groups is 1. The van der Waals surface area contributed by atoms with Gasteiger partial charge in [-0.25, -0.2) is 0 Å². The van der Waals surface area contributed by atoms with Crippen LogP contribution in [0, 0.1) is 5.41 Å². The predicted molar refractivity (Wildman–Crippen MR) is 132 cm³/mol. The third kappa shape index (κ3) is 6.80. The number of hydrogen-bond donors (Lipinski definition) is 6. The van der Waals surface area contributed by atoms with E-state index in [1.165, 1.54) is 30.8 Å². The Balaban J connectivity index is 0.000000650. The molecule has 0 radical (unpaired) electrons. The molecule has 32 heavy (non-hydrogen) atoms. The molecule has 7 nitrogen and oxygen atoms in total. The summed E-state index contributed by atoms with van der Waals surface area (Å²) >= 11 is 4.45. The minimum atomic E-state index is -0.380. The molecular weight excluding hydrogens is 423 g/mol. The highest BCUT2D eigenvalue weighted by Gasteiger charge is 2.20. The van der Waals surface area contributed by atoms with Crippen LogP contribution in [0.5, 0.6) is 11.5 Å². The number of thiol groups is 1. The fourth-order valence-electron chi connectivity index (χ4n) is 2.68. The van der Waals surface area contributed by atoms with Crippen molar-refractivity contribution in [3.05, 3.63) is 72.3 Å². The Morgan fingerprint density at radius 3 is 2.38 bits per heavy atom. The smallest absolute Gasteiger partial charge is 0.262 e. The maximum Gasteiger partial charge on any atom is 0.262 e. The first-order valence-electron chi connectivity index (χ1n) is 10.1. The normalized spacial score (nSPS) is 11.8. The number of amides is 1. The van der Waals surface area contributed by atoms with Crippen molar-refractivity contribution in [1.82, 2.24) is 0 Å². The molecular formula is C23H25BN4O3S. The number of aromatic hydroxyl groups is 1. The summed E-state index contributed by atoms with van der Waals surface area (Å²) in [6, 6.07) is 19.4. The van der Waals surface area contributed by atoms with Crippen molar-refractivity contribution in [2.45, 2.75) is 17.5 Å². The third-order valence-electron chi connectivity index (χ3n) is 4.64. The van der Waals surface area contributed by atoms with Gasteiger partial charge in [-0.2, -0.15) is 0 Å². The van der Waals surface area contributed by atoms with Crippen LogP contribution < -0.4 is 21.4 Å². The summed E-state index contributed by atoms with van der Waals surface area (Å²) in [6.45, 7) is 0.288. The summed E-state index contributed by atoms with van der Waals surface area (Å²) in [5, 5.41) is 20.0. The zero-order valence-electron chi connectivity index (χ0n) is 17.4. The molecule has 9 heteroatoms. The number of nitrogen functional groups attached to an aromatic ring is 1. The molecule has 0 aliphatic carbocycles. The van der Waals surface area contributed by atoms with Crippen LogP contribution in [0.2, 0.25) is 12.6 Å². The molecule has 1 fully saturated rings. The lowest BCUT2D eigenvalue weighted by atomic mass is 9.92. The Hall–Kier alpha value is -3.43. The molecule has 0 bridgehead atoms. The van der Waals surface area contributed by atoms with E-state index in [1.54, 1.807) is 12.1 Å². The van der Waals surface area contributed by atoms with E-state index in [0.29, 0.717) is 18.1 Å². The number of nitrogens with one attached hydrogen (secondary N) is 2. The van der Waals surface area contributed by atoms with Crippen LogP contribution in [-0.2, 0) is 4.79 Å². The summed E-state index contributed by atoms with van der Waals surface area (Å²) in [5.41, 5.74) is 13.7. The van der Waals surface area contributed by atoms with Gasteiger partial charge < -0.3 is 26.5 Å². The third-order valence-corrected chi connectivity index (χ3v) is 5.03. The number of phenolic OH excluding ortho intramolecular Hbond substituents is 1. The summed E-state index contributed by atoms with van der Waals surface area (Å²) in [5.74, 6) is -0.580. The summed E-state index contributed by atoms with van der Waals surface area (Å²) in [6.07, 6.45) is 2.53. The molecule has 1 aliphatic rings. The van der Waals surface area contributed by atoms with Crippen LogP contribution in [0.1, 0.15) is 5.56 Å². The monoisotopic (exact) mass is 448 g/mol. The Bertz CT molecular complexity index is 1100. The zero-order valence-corrected chi connectivity index (χ0v) is 18.3. The Morgan fingerprint density at radius 1 is 1.12 bits per heavy atom. The molecule has 3 aromatic carbocycles. The van der Waals surface area contributed by atoms with Crippen molar-refractivity contribution in [1.29, 1.82) is 5.41 Å². The first-order valence-corrected chi connectivity index (χ1v) is 10.5. The summed E-state index contributed by atoms with van der Waals surface area (Å²) in [4.78, 5) is 13.0. The fourth-order valence-corrected chi connectivity index (χ4v) is 2.97. The van der Waals surface area contributed by atoms with Crippen molar-refractivity contribution in [3.63, 3.8) is 0 Å². The maximum atomic E-state index is 12.1. The van der Waals surface area contributed by atoms with Crippen LogP contribution in [-0.4, -0.2) is 30.3 Å². The quantitative estimate of drug-likeness (QED) is 0.148. The second-order valence-corrected chi connectivity index (χ2v) is 7.85. The van der Waals surface area contributed by atoms with Crippen LogP contribution in [0.4, 0.5) is 5.69 Å². The van der Waals surface area contributed by atoms with Crippen molar-refractivity contribution in [3.8, 4) is 22.6 Å². The van der Waals surface area contributed by atoms with E-state index in [2.05, 4.69) is 17.9 Å². The molecule has 164 valence electrons. The van der Waals surface area contributed by atoms with Crippen molar-refractivity contribution >= 4 is 36.9 Å². The van der Waals surface area contributed by atoms with Gasteiger partial charge in [-0.05, 0) is 47.5 Å². The largest absolute Gasteiger partial charge is 0.504 e. The number of ether oxygens (including phenoxy) is 1. The lowest BCUT2D eigenvalue weighted by Crippen LogP contribution is -2.20. The molecule has 7 N–H and O–H groups in total. The first-order chi connectivity index (χ1) is 15.3. The lowest BCUT2D eigenvalue weighted by molar-refractivity contribution is -0.118. The molecule has 3 aromatic rings. The minimum absolute atomic E-state index is 0.0867. The number of anilines is 1. The number of hydrogen-bond acceptors (Lipinski definition) is 6. The van der Waals surface area contributed by atoms with Gasteiger partial charge in [0.25, 0.3) is 5.91 Å². The fraction of sp³-hybridized carbons (Fsp3) is 0.130. The number of nitrogens with two attached hydrogens (primary N) is 2. The van der Waals surface area contributed by atoms with Crippen LogP contribution in [0.3, 0.4) is 0 Å². The van der Waals surface area contributed by atoms with Crippen molar-refractivity contribution < 1.29 is 14.6 Å². The highest BCUT2D eigenvalue weighted by molar-refractivity contribution is 7.80. The molecule has 1 aliphatic heterocycles. The number of rotatable bonds is 6. The molecule has 0 atom stereocenters. The van der Waals surface area contributed by atoms with E-state index in [0.717, 1.165) is 16.0 Å². The molecule has 4 rings (SSSR count). The number of benzene rings is 3. The second kappa shape index (κ2) is 10.7. The molecule has 0 spiro atoms. The van der Waals surface area contributed by atoms with Crippen molar-refractivity contribution in [2.24, 2.45) is 11.4 Å². The average Bonchev–Trinajstić information content (AvgIpc) is 3.56. The summed E-state index contributed by atoms with van der Waals surface area (Å²) < 4.78 is 5.35. The number of phenols is 1. The van der Waals surface area contributed by atoms with Crippen LogP contribution in [0.15, 0.2) is 71.6 Å². The van der Waals surface area contributed by atoms with Crippen LogP contribution in [0.25, 0.3) is 11.1 Å². The van der Waals surface area contributed by atoms with Crippen molar-refractivity contribution in [2.75, 3.05) is 11.9 Å². The van der Waals surface area contributed by atoms with Gasteiger partial charge >= 0.3 is 0 Å². The molecule has 1 amide bonds. The maximum absolute atomic E-state index is 12.1. The molecule has 1 saturated heterocycles. The SMILES string of the molecule is N=C(N)c1ccc(O)c(OCC(=O)Nc2ccc(-c3ccccc3S)cc2)c1.NB1CC1. The van der Waals surface area contributed by atoms with Gasteiger partial charge in [0.05, 0.1) is 0 Å². The minimum Gasteiger partial charge on any atom is -0.504 e. The lowest BCUT2D eigenvalue weighted by Gasteiger charge is -2.11. The van der Waals surface area contributed by atoms with E-state index in [4.69, 9.17) is 21.5 Å². The molecule has 0 saturated carbocycles. The standard InChI is InChI=1S/C21H19N3O3S.C2H6BN/c22-21(23)14-7-10-17(25)18(11-14)27-12-20(26)24-15-8-5-13(6-9-15)16-3-1-2-4-19(16)28;4-3-1-2-3/h1-11,25,28H,12H2,(H3,22,23)(H,24,26);1-2,4H2. The predicted octanol–water partition coefficient (Wildman–Crippen LogP) is 3.60. The van der Waals surface area contributed by atoms with Gasteiger partial charge in [0, 0.05) is 16.1 Å². The number of amidine groups is 1. The average molecular weight is 448 g/mol. The van der Waals surface area contributed by atoms with Gasteiger partial charge in [-0.1, -0.05) is 43.0 Å². The highest BCUT2D eigenvalue weighted by atomic mass is 32.1. The van der Waals surface area contributed by atoms with E-state index in [1.807, 2.05) is 36.4 Å². The Morgan fingerprint density at radius 2 is 1.78 bits per heavy atom. The van der Waals surface area contributed by atoms with E-state index < -0.39 is 0 Å². The van der Waals surface area contributed by atoms with Gasteiger partial charge in [0.1, 0.15) is 5.84 Å². The van der Waals surface area contributed by atoms with E-state index >= 15 is 0 Å². The zero-order chi connectivity index (χ0) is 23.1. The van der Waals surface area contributed by atoms with Gasteiger partial charge in [0.2, 0.25) is 6.85 Å². The highest BCUT2D eigenvalue weighted by Crippen LogP contribution is 2.28. The van der Waals surface area contributed by atoms with Gasteiger partial charge in [-0.15, -0.1) is 12.6 Å². The first kappa shape index (κ1) is 23.2. The molecule has 0 aromatic heterocycles. The summed E-state index contributed by atoms with van der Waals surface area (Å²) in [7, 11) is 0. The molecule has 1 heterocycles. The Kier molecular flexibility index (Phi) is 7.80. The molecule has 0 unspecified atom stereocenters. The Labute approximate surface area is 192 Å². The van der Waals surface area contributed by atoms with Crippen LogP contribution >= 0.6 is 12.6 Å². The van der Waals surface area contributed by atoms with E-state index in [9.17, 15) is 9.90 Å².